The lowest BCUT2D eigenvalue weighted by Crippen LogP contribution is -2.13. The van der Waals surface area contributed by atoms with Gasteiger partial charge in [0.2, 0.25) is 0 Å². The number of aromatic nitrogens is 1. The van der Waals surface area contributed by atoms with Gasteiger partial charge in [-0.3, -0.25) is 4.79 Å². The zero-order valence-electron chi connectivity index (χ0n) is 10.6. The molecule has 0 spiro atoms. The van der Waals surface area contributed by atoms with Crippen LogP contribution >= 0.6 is 11.3 Å². The van der Waals surface area contributed by atoms with E-state index in [1.807, 2.05) is 13.0 Å². The molecular weight excluding hydrogens is 262 g/mol. The molecule has 1 aromatic heterocycles. The van der Waals surface area contributed by atoms with E-state index in [4.69, 9.17) is 16.2 Å². The number of benzene rings is 1. The number of carbonyl (C=O) groups excluding carboxylic acids is 1. The van der Waals surface area contributed by atoms with E-state index in [-0.39, 0.29) is 0 Å². The fourth-order valence-electron chi connectivity index (χ4n) is 1.63. The molecule has 0 saturated carbocycles. The van der Waals surface area contributed by atoms with E-state index in [9.17, 15) is 4.79 Å². The Hall–Kier alpha value is -2.08. The predicted octanol–water partition coefficient (Wildman–Crippen LogP) is 2.28. The maximum atomic E-state index is 11.5. The van der Waals surface area contributed by atoms with E-state index in [0.717, 1.165) is 16.9 Å². The largest absolute Gasteiger partial charge is 0.493 e. The van der Waals surface area contributed by atoms with Crippen molar-refractivity contribution in [3.63, 3.8) is 0 Å². The third-order valence-electron chi connectivity index (χ3n) is 2.51. The van der Waals surface area contributed by atoms with Gasteiger partial charge in [-0.1, -0.05) is 18.3 Å². The van der Waals surface area contributed by atoms with Gasteiger partial charge in [-0.05, 0) is 30.2 Å². The number of nitrogen functional groups attached to an aromatic ring is 1. The molecule has 0 fully saturated rings. The Morgan fingerprint density at radius 2 is 2.26 bits per heavy atom. The highest BCUT2D eigenvalue weighted by molar-refractivity contribution is 7.18. The van der Waals surface area contributed by atoms with Crippen LogP contribution in [0, 0.1) is 0 Å². The van der Waals surface area contributed by atoms with Crippen LogP contribution in [0.4, 0.5) is 5.13 Å². The number of thiazole rings is 1. The monoisotopic (exact) mass is 277 g/mol. The molecule has 0 aliphatic carbocycles. The van der Waals surface area contributed by atoms with Crippen LogP contribution in [-0.4, -0.2) is 17.5 Å². The fraction of sp³-hybridized carbons (Fsp3) is 0.231. The molecule has 0 atom stereocenters. The van der Waals surface area contributed by atoms with Crippen LogP contribution in [-0.2, 0) is 0 Å². The Morgan fingerprint density at radius 3 is 2.84 bits per heavy atom. The molecule has 100 valence electrons. The van der Waals surface area contributed by atoms with Crippen LogP contribution in [0.5, 0.6) is 5.75 Å². The minimum atomic E-state index is -0.509. The average Bonchev–Trinajstić information content (AvgIpc) is 2.82. The van der Waals surface area contributed by atoms with Gasteiger partial charge in [-0.25, -0.2) is 4.98 Å². The van der Waals surface area contributed by atoms with E-state index in [2.05, 4.69) is 4.98 Å². The molecule has 1 aromatic carbocycles. The van der Waals surface area contributed by atoms with Crippen LogP contribution in [0.3, 0.4) is 0 Å². The third-order valence-corrected chi connectivity index (χ3v) is 3.39. The summed E-state index contributed by atoms with van der Waals surface area (Å²) in [5.41, 5.74) is 12.2. The first-order valence-corrected chi connectivity index (χ1v) is 6.71. The molecule has 1 heterocycles. The summed E-state index contributed by atoms with van der Waals surface area (Å²) in [6.07, 6.45) is 2.54. The Labute approximate surface area is 115 Å². The molecule has 4 N–H and O–H groups in total. The first-order chi connectivity index (χ1) is 9.11. The van der Waals surface area contributed by atoms with Crippen molar-refractivity contribution in [3.8, 4) is 16.2 Å². The normalized spacial score (nSPS) is 10.4. The molecular formula is C13H15N3O2S. The SMILES string of the molecule is CCCOc1ccc(-c2cnc(N)s2)cc1C(N)=O. The number of anilines is 1. The van der Waals surface area contributed by atoms with Crippen LogP contribution in [0.25, 0.3) is 10.4 Å². The smallest absolute Gasteiger partial charge is 0.252 e. The molecule has 0 bridgehead atoms. The molecule has 0 aliphatic heterocycles. The highest BCUT2D eigenvalue weighted by Gasteiger charge is 2.12. The number of rotatable bonds is 5. The zero-order chi connectivity index (χ0) is 13.8. The van der Waals surface area contributed by atoms with Crippen molar-refractivity contribution in [3.05, 3.63) is 30.0 Å². The topological polar surface area (TPSA) is 91.2 Å². The summed E-state index contributed by atoms with van der Waals surface area (Å²) in [4.78, 5) is 16.4. The number of ether oxygens (including phenoxy) is 1. The van der Waals surface area contributed by atoms with E-state index in [0.29, 0.717) is 23.1 Å². The number of primary amides is 1. The van der Waals surface area contributed by atoms with E-state index in [1.165, 1.54) is 11.3 Å². The first-order valence-electron chi connectivity index (χ1n) is 5.90. The number of hydrogen-bond acceptors (Lipinski definition) is 5. The highest BCUT2D eigenvalue weighted by atomic mass is 32.1. The quantitative estimate of drug-likeness (QED) is 0.877. The summed E-state index contributed by atoms with van der Waals surface area (Å²) in [6.45, 7) is 2.55. The van der Waals surface area contributed by atoms with Crippen molar-refractivity contribution >= 4 is 22.4 Å². The van der Waals surface area contributed by atoms with Gasteiger partial charge in [-0.2, -0.15) is 0 Å². The molecule has 0 aliphatic rings. The maximum Gasteiger partial charge on any atom is 0.252 e. The second-order valence-corrected chi connectivity index (χ2v) is 5.05. The minimum Gasteiger partial charge on any atom is -0.493 e. The number of amides is 1. The third kappa shape index (κ3) is 3.03. The zero-order valence-corrected chi connectivity index (χ0v) is 11.4. The van der Waals surface area contributed by atoms with Gasteiger partial charge in [0.1, 0.15) is 5.75 Å². The minimum absolute atomic E-state index is 0.373. The molecule has 5 nitrogen and oxygen atoms in total. The lowest BCUT2D eigenvalue weighted by Gasteiger charge is -2.09. The summed E-state index contributed by atoms with van der Waals surface area (Å²) in [5, 5.41) is 0.488. The second kappa shape index (κ2) is 5.71. The number of carbonyl (C=O) groups is 1. The molecule has 0 saturated heterocycles. The van der Waals surface area contributed by atoms with Crippen molar-refractivity contribution in [2.75, 3.05) is 12.3 Å². The Bertz CT molecular complexity index is 595. The molecule has 2 aromatic rings. The van der Waals surface area contributed by atoms with E-state index >= 15 is 0 Å². The number of nitrogens with two attached hydrogens (primary N) is 2. The summed E-state index contributed by atoms with van der Waals surface area (Å²) in [7, 11) is 0. The van der Waals surface area contributed by atoms with Gasteiger partial charge in [0.25, 0.3) is 5.91 Å². The van der Waals surface area contributed by atoms with Crippen molar-refractivity contribution in [1.29, 1.82) is 0 Å². The van der Waals surface area contributed by atoms with Gasteiger partial charge < -0.3 is 16.2 Å². The van der Waals surface area contributed by atoms with Gasteiger partial charge in [0.15, 0.2) is 5.13 Å². The summed E-state index contributed by atoms with van der Waals surface area (Å²) >= 11 is 1.36. The lowest BCUT2D eigenvalue weighted by atomic mass is 10.1. The Kier molecular flexibility index (Phi) is 4.01. The molecule has 0 unspecified atom stereocenters. The van der Waals surface area contributed by atoms with Crippen molar-refractivity contribution < 1.29 is 9.53 Å². The summed E-state index contributed by atoms with van der Waals surface area (Å²) in [5.74, 6) is 0.000951. The molecule has 1 amide bonds. The van der Waals surface area contributed by atoms with Crippen LogP contribution in [0.1, 0.15) is 23.7 Å². The van der Waals surface area contributed by atoms with Gasteiger partial charge in [0, 0.05) is 6.20 Å². The van der Waals surface area contributed by atoms with Gasteiger partial charge in [0.05, 0.1) is 17.0 Å². The van der Waals surface area contributed by atoms with Crippen LogP contribution in [0.15, 0.2) is 24.4 Å². The summed E-state index contributed by atoms with van der Waals surface area (Å²) < 4.78 is 5.51. The van der Waals surface area contributed by atoms with E-state index in [1.54, 1.807) is 18.3 Å². The molecule has 2 rings (SSSR count). The van der Waals surface area contributed by atoms with Gasteiger partial charge in [-0.15, -0.1) is 0 Å². The molecule has 0 radical (unpaired) electrons. The van der Waals surface area contributed by atoms with Crippen molar-refractivity contribution in [2.24, 2.45) is 5.73 Å². The fourth-order valence-corrected chi connectivity index (χ4v) is 2.32. The molecule has 6 heteroatoms. The van der Waals surface area contributed by atoms with Crippen molar-refractivity contribution in [2.45, 2.75) is 13.3 Å². The van der Waals surface area contributed by atoms with Crippen LogP contribution in [0.2, 0.25) is 0 Å². The van der Waals surface area contributed by atoms with E-state index < -0.39 is 5.91 Å². The van der Waals surface area contributed by atoms with Gasteiger partial charge >= 0.3 is 0 Å². The van der Waals surface area contributed by atoms with Crippen molar-refractivity contribution in [1.82, 2.24) is 4.98 Å². The average molecular weight is 277 g/mol. The second-order valence-electron chi connectivity index (χ2n) is 3.99. The Balaban J connectivity index is 2.38. The molecule has 19 heavy (non-hydrogen) atoms. The Morgan fingerprint density at radius 1 is 1.47 bits per heavy atom. The standard InChI is InChI=1S/C13H15N3O2S/c1-2-5-18-10-4-3-8(6-9(10)12(14)17)11-7-16-13(15)19-11/h3-4,6-7H,2,5H2,1H3,(H2,14,17)(H2,15,16). The lowest BCUT2D eigenvalue weighted by molar-refractivity contribution is 0.0996. The predicted molar refractivity (Wildman–Crippen MR) is 76.3 cm³/mol. The first kappa shape index (κ1) is 13.4. The number of nitrogens with zero attached hydrogens (tertiary/aromatic N) is 1. The maximum absolute atomic E-state index is 11.5. The summed E-state index contributed by atoms with van der Waals surface area (Å²) in [6, 6.07) is 5.33. The van der Waals surface area contributed by atoms with Crippen LogP contribution < -0.4 is 16.2 Å². The highest BCUT2D eigenvalue weighted by Crippen LogP contribution is 2.31. The number of hydrogen-bond donors (Lipinski definition) is 2.